The van der Waals surface area contributed by atoms with Gasteiger partial charge >= 0.3 is 5.97 Å². The molecule has 0 aliphatic carbocycles. The summed E-state index contributed by atoms with van der Waals surface area (Å²) in [4.78, 5) is 30.9. The highest BCUT2D eigenvalue weighted by Crippen LogP contribution is 2.42. The van der Waals surface area contributed by atoms with Crippen molar-refractivity contribution in [2.24, 2.45) is 0 Å². The monoisotopic (exact) mass is 573 g/mol. The maximum Gasteiger partial charge on any atom is 0.359 e. The van der Waals surface area contributed by atoms with Crippen molar-refractivity contribution < 1.29 is 33.3 Å². The quantitative estimate of drug-likeness (QED) is 0.197. The van der Waals surface area contributed by atoms with E-state index in [9.17, 15) is 9.59 Å². The van der Waals surface area contributed by atoms with Gasteiger partial charge in [-0.15, -0.1) is 0 Å². The predicted octanol–water partition coefficient (Wildman–Crippen LogP) is 4.81. The Kier molecular flexibility index (Phi) is 13.3. The summed E-state index contributed by atoms with van der Waals surface area (Å²) in [5.41, 5.74) is 0.961. The molecular weight excluding hydrogens is 526 g/mol. The van der Waals surface area contributed by atoms with E-state index in [4.69, 9.17) is 23.7 Å². The average Bonchev–Trinajstić information content (AvgIpc) is 3.30. The van der Waals surface area contributed by atoms with E-state index in [0.29, 0.717) is 31.3 Å². The molecule has 228 valence electrons. The summed E-state index contributed by atoms with van der Waals surface area (Å²) >= 11 is 0. The number of ether oxygens (including phenoxy) is 5. The van der Waals surface area contributed by atoms with Crippen LogP contribution in [0, 0.1) is 0 Å². The van der Waals surface area contributed by atoms with Crippen LogP contribution in [0.2, 0.25) is 0 Å². The number of carbonyl (C=O) groups is 2. The molecule has 1 saturated heterocycles. The van der Waals surface area contributed by atoms with E-state index in [-0.39, 0.29) is 35.4 Å². The normalized spacial score (nSPS) is 13.6. The Hall–Kier alpha value is -3.24. The fourth-order valence-electron chi connectivity index (χ4n) is 4.48. The number of hydrogen-bond acceptors (Lipinski definition) is 8. The molecule has 10 heteroatoms. The molecule has 41 heavy (non-hydrogen) atoms. The number of amides is 1. The summed E-state index contributed by atoms with van der Waals surface area (Å²) in [6, 6.07) is 7.35. The number of rotatable bonds is 17. The molecule has 0 unspecified atom stereocenters. The molecule has 0 atom stereocenters. The van der Waals surface area contributed by atoms with E-state index in [1.807, 2.05) is 24.3 Å². The van der Waals surface area contributed by atoms with Gasteiger partial charge in [-0.25, -0.2) is 4.79 Å². The first kappa shape index (κ1) is 32.3. The second kappa shape index (κ2) is 16.9. The molecule has 1 aliphatic rings. The smallest absolute Gasteiger partial charge is 0.359 e. The largest absolute Gasteiger partial charge is 0.494 e. The number of esters is 1. The van der Waals surface area contributed by atoms with E-state index in [2.05, 4.69) is 18.7 Å². The fraction of sp³-hybridized carbons (Fsp3) is 0.613. The van der Waals surface area contributed by atoms with Crippen LogP contribution in [0.5, 0.6) is 17.2 Å². The molecule has 3 rings (SSSR count). The van der Waals surface area contributed by atoms with Crippen molar-refractivity contribution in [1.29, 1.82) is 0 Å². The highest BCUT2D eigenvalue weighted by molar-refractivity contribution is 6.02. The van der Waals surface area contributed by atoms with Crippen LogP contribution >= 0.6 is 0 Å². The highest BCUT2D eigenvalue weighted by atomic mass is 16.5. The third kappa shape index (κ3) is 8.87. The van der Waals surface area contributed by atoms with Crippen molar-refractivity contribution in [3.8, 4) is 22.9 Å². The van der Waals surface area contributed by atoms with Crippen molar-refractivity contribution >= 4 is 11.9 Å². The van der Waals surface area contributed by atoms with Gasteiger partial charge in [-0.2, -0.15) is 0 Å². The number of nitrogens with zero attached hydrogens (tertiary/aromatic N) is 3. The van der Waals surface area contributed by atoms with Gasteiger partial charge in [0.25, 0.3) is 5.91 Å². The minimum atomic E-state index is -0.583. The molecule has 10 nitrogen and oxygen atoms in total. The van der Waals surface area contributed by atoms with Crippen LogP contribution in [0.25, 0.3) is 5.69 Å². The zero-order chi connectivity index (χ0) is 29.6. The minimum Gasteiger partial charge on any atom is -0.494 e. The number of morpholine rings is 1. The lowest BCUT2D eigenvalue weighted by Gasteiger charge is -2.26. The van der Waals surface area contributed by atoms with Gasteiger partial charge in [0.15, 0.2) is 22.9 Å². The summed E-state index contributed by atoms with van der Waals surface area (Å²) in [5, 5.41) is 0. The van der Waals surface area contributed by atoms with E-state index in [0.717, 1.165) is 65.0 Å². The molecule has 2 heterocycles. The summed E-state index contributed by atoms with van der Waals surface area (Å²) in [6.07, 6.45) is 4.32. The maximum atomic E-state index is 13.6. The number of unbranched alkanes of at least 4 members (excludes halogenated alkanes) is 2. The number of aromatic nitrogens is 1. The molecule has 1 fully saturated rings. The zero-order valence-electron chi connectivity index (χ0n) is 25.4. The number of benzene rings is 1. The molecule has 0 bridgehead atoms. The van der Waals surface area contributed by atoms with Crippen LogP contribution in [0.15, 0.2) is 24.3 Å². The first-order chi connectivity index (χ1) is 19.9. The lowest BCUT2D eigenvalue weighted by molar-refractivity contribution is 0.0358. The van der Waals surface area contributed by atoms with Gasteiger partial charge in [0.2, 0.25) is 0 Å². The van der Waals surface area contributed by atoms with Crippen LogP contribution in [-0.4, -0.2) is 99.6 Å². The maximum absolute atomic E-state index is 13.6. The number of carbonyl (C=O) groups excluding carboxylic acids is 2. The van der Waals surface area contributed by atoms with Crippen molar-refractivity contribution in [3.63, 3.8) is 0 Å². The summed E-state index contributed by atoms with van der Waals surface area (Å²) in [5.74, 6) is 0.317. The third-order valence-electron chi connectivity index (χ3n) is 6.74. The fourth-order valence-corrected chi connectivity index (χ4v) is 4.48. The van der Waals surface area contributed by atoms with Gasteiger partial charge in [0.1, 0.15) is 5.75 Å². The van der Waals surface area contributed by atoms with Gasteiger partial charge in [0.05, 0.1) is 39.6 Å². The molecule has 0 N–H and O–H groups in total. The molecule has 1 aromatic carbocycles. The molecule has 1 aliphatic heterocycles. The summed E-state index contributed by atoms with van der Waals surface area (Å²) in [7, 11) is 3.34. The second-order valence-electron chi connectivity index (χ2n) is 10.2. The van der Waals surface area contributed by atoms with Crippen LogP contribution in [0.4, 0.5) is 0 Å². The van der Waals surface area contributed by atoms with Crippen LogP contribution in [0.1, 0.15) is 73.9 Å². The van der Waals surface area contributed by atoms with Crippen molar-refractivity contribution in [2.45, 2.75) is 52.9 Å². The molecule has 1 aromatic heterocycles. The molecule has 0 saturated carbocycles. The van der Waals surface area contributed by atoms with Crippen molar-refractivity contribution in [2.75, 3.05) is 73.4 Å². The Morgan fingerprint density at radius 3 is 1.98 bits per heavy atom. The van der Waals surface area contributed by atoms with E-state index >= 15 is 0 Å². The van der Waals surface area contributed by atoms with Gasteiger partial charge in [-0.3, -0.25) is 14.3 Å². The first-order valence-corrected chi connectivity index (χ1v) is 14.9. The SMILES string of the molecule is CCCCOc1c(OCCCC)c(C(=O)N(C)C)n(-c2ccc(OCCCN3CCOCC3)cc2)c1C(=O)OCC. The first-order valence-electron chi connectivity index (χ1n) is 14.9. The van der Waals surface area contributed by atoms with Gasteiger partial charge in [-0.05, 0) is 50.5 Å². The average molecular weight is 574 g/mol. The van der Waals surface area contributed by atoms with Gasteiger partial charge < -0.3 is 28.6 Å². The topological polar surface area (TPSA) is 91.7 Å². The molecular formula is C31H47N3O7. The van der Waals surface area contributed by atoms with Crippen LogP contribution < -0.4 is 14.2 Å². The van der Waals surface area contributed by atoms with Gasteiger partial charge in [-0.1, -0.05) is 26.7 Å². The van der Waals surface area contributed by atoms with Crippen LogP contribution in [-0.2, 0) is 9.47 Å². The van der Waals surface area contributed by atoms with Crippen LogP contribution in [0.3, 0.4) is 0 Å². The lowest BCUT2D eigenvalue weighted by atomic mass is 10.2. The van der Waals surface area contributed by atoms with Crippen molar-refractivity contribution in [3.05, 3.63) is 35.7 Å². The van der Waals surface area contributed by atoms with Crippen molar-refractivity contribution in [1.82, 2.24) is 14.4 Å². The Bertz CT molecular complexity index is 1090. The highest BCUT2D eigenvalue weighted by Gasteiger charge is 2.35. The predicted molar refractivity (Wildman–Crippen MR) is 158 cm³/mol. The Balaban J connectivity index is 1.98. The standard InChI is InChI=1S/C31H47N3O7/c1-6-9-19-40-28-26(30(35)32(4)5)34(27(31(36)38-8-3)29(28)41-20-10-7-2)24-12-14-25(15-13-24)39-21-11-16-33-17-22-37-23-18-33/h12-15H,6-11,16-23H2,1-5H3. The summed E-state index contributed by atoms with van der Waals surface area (Å²) in [6.45, 7) is 11.8. The Morgan fingerprint density at radius 2 is 1.41 bits per heavy atom. The molecule has 1 amide bonds. The van der Waals surface area contributed by atoms with Gasteiger partial charge in [0, 0.05) is 39.4 Å². The third-order valence-corrected chi connectivity index (χ3v) is 6.74. The summed E-state index contributed by atoms with van der Waals surface area (Å²) < 4.78 is 30.8. The zero-order valence-corrected chi connectivity index (χ0v) is 25.4. The van der Waals surface area contributed by atoms with E-state index in [1.165, 1.54) is 4.90 Å². The number of hydrogen-bond donors (Lipinski definition) is 0. The second-order valence-corrected chi connectivity index (χ2v) is 10.2. The Morgan fingerprint density at radius 1 is 0.829 bits per heavy atom. The minimum absolute atomic E-state index is 0.138. The molecule has 0 spiro atoms. The Labute approximate surface area is 244 Å². The van der Waals surface area contributed by atoms with E-state index in [1.54, 1.807) is 25.6 Å². The lowest BCUT2D eigenvalue weighted by Crippen LogP contribution is -2.37. The molecule has 2 aromatic rings. The molecule has 0 radical (unpaired) electrons. The van der Waals surface area contributed by atoms with E-state index < -0.39 is 5.97 Å².